The van der Waals surface area contributed by atoms with E-state index in [1.54, 1.807) is 21.0 Å². The van der Waals surface area contributed by atoms with Crippen molar-refractivity contribution >= 4 is 45.8 Å². The van der Waals surface area contributed by atoms with Crippen LogP contribution in [0, 0.1) is 13.8 Å². The van der Waals surface area contributed by atoms with E-state index in [1.807, 2.05) is 34.1 Å². The molecule has 2 atom stereocenters. The zero-order valence-corrected chi connectivity index (χ0v) is 24.9. The third-order valence-corrected chi connectivity index (χ3v) is 10.2. The maximum absolute atomic E-state index is 13.5. The van der Waals surface area contributed by atoms with Crippen LogP contribution in [-0.4, -0.2) is 80.3 Å². The Morgan fingerprint density at radius 2 is 1.29 bits per heavy atom. The van der Waals surface area contributed by atoms with Gasteiger partial charge >= 0.3 is 0 Å². The van der Waals surface area contributed by atoms with Gasteiger partial charge in [-0.3, -0.25) is 24.1 Å². The fraction of sp³-hybridized carbons (Fsp3) is 0.333. The van der Waals surface area contributed by atoms with Crippen molar-refractivity contribution in [1.29, 1.82) is 0 Å². The number of fused-ring (bicyclic) bond motifs is 2. The van der Waals surface area contributed by atoms with E-state index in [9.17, 15) is 19.2 Å². The monoisotopic (exact) mass is 601 g/mol. The predicted molar refractivity (Wildman–Crippen MR) is 156 cm³/mol. The number of ether oxygens (including phenoxy) is 1. The van der Waals surface area contributed by atoms with Crippen molar-refractivity contribution in [2.75, 3.05) is 20.2 Å². The molecule has 0 amide bonds. The molecule has 10 nitrogen and oxygen atoms in total. The number of allylic oxidation sites excluding steroid dienone is 4. The van der Waals surface area contributed by atoms with Crippen molar-refractivity contribution in [2.45, 2.75) is 45.6 Å². The molecule has 0 bridgehead atoms. The number of hydrogen-bond acceptors (Lipinski definition) is 12. The quantitative estimate of drug-likeness (QED) is 0.394. The van der Waals surface area contributed by atoms with Gasteiger partial charge in [0.25, 0.3) is 0 Å². The molecule has 7 rings (SSSR count). The van der Waals surface area contributed by atoms with Gasteiger partial charge in [-0.05, 0) is 44.4 Å². The summed E-state index contributed by atoms with van der Waals surface area (Å²) in [5.41, 5.74) is 2.19. The van der Waals surface area contributed by atoms with Crippen molar-refractivity contribution in [3.63, 3.8) is 0 Å². The molecule has 42 heavy (non-hydrogen) atoms. The van der Waals surface area contributed by atoms with Crippen molar-refractivity contribution < 1.29 is 23.9 Å². The van der Waals surface area contributed by atoms with Gasteiger partial charge in [-0.2, -0.15) is 0 Å². The average molecular weight is 602 g/mol. The Kier molecular flexibility index (Phi) is 6.44. The number of Topliss-reactive ketones (excluding diaryl/α,β-unsaturated/α-hetero) is 2. The van der Waals surface area contributed by atoms with Crippen LogP contribution in [0.2, 0.25) is 0 Å². The van der Waals surface area contributed by atoms with Crippen LogP contribution in [-0.2, 0) is 6.54 Å². The maximum atomic E-state index is 13.5. The summed E-state index contributed by atoms with van der Waals surface area (Å²) in [6, 6.07) is 7.80. The molecule has 4 aliphatic rings. The third kappa shape index (κ3) is 4.24. The Morgan fingerprint density at radius 3 is 1.69 bits per heavy atom. The fourth-order valence-electron chi connectivity index (χ4n) is 6.03. The molecule has 0 radical (unpaired) electrons. The SMILES string of the molecule is COc1ccc(CN(C2CCN2C2=CC(=O)c3sc(C)nc3C2=O)C2CCN2C2=CC(=O)c3sc(C)nc3C2=O)cc1. The van der Waals surface area contributed by atoms with E-state index in [4.69, 9.17) is 4.74 Å². The Morgan fingerprint density at radius 1 is 0.810 bits per heavy atom. The van der Waals surface area contributed by atoms with Crippen LogP contribution in [0.4, 0.5) is 0 Å². The maximum Gasteiger partial charge on any atom is 0.229 e. The van der Waals surface area contributed by atoms with Gasteiger partial charge in [0.2, 0.25) is 11.6 Å². The van der Waals surface area contributed by atoms with E-state index >= 15 is 0 Å². The van der Waals surface area contributed by atoms with Crippen molar-refractivity contribution in [2.24, 2.45) is 0 Å². The summed E-state index contributed by atoms with van der Waals surface area (Å²) in [5, 5.41) is 1.36. The van der Waals surface area contributed by atoms with E-state index < -0.39 is 0 Å². The normalized spacial score (nSPS) is 21.5. The largest absolute Gasteiger partial charge is 0.497 e. The lowest BCUT2D eigenvalue weighted by molar-refractivity contribution is -0.111. The first-order valence-electron chi connectivity index (χ1n) is 13.7. The first kappa shape index (κ1) is 26.9. The molecule has 4 heterocycles. The summed E-state index contributed by atoms with van der Waals surface area (Å²) in [6.07, 6.45) is 4.02. The van der Waals surface area contributed by atoms with Crippen LogP contribution in [0.1, 0.15) is 68.7 Å². The summed E-state index contributed by atoms with van der Waals surface area (Å²) in [6.45, 7) is 5.33. The molecule has 2 fully saturated rings. The predicted octanol–water partition coefficient (Wildman–Crippen LogP) is 4.02. The minimum absolute atomic E-state index is 0.198. The smallest absolute Gasteiger partial charge is 0.229 e. The number of carbonyl (C=O) groups excluding carboxylic acids is 4. The van der Waals surface area contributed by atoms with Gasteiger partial charge in [0, 0.05) is 31.8 Å². The third-order valence-electron chi connectivity index (χ3n) is 8.23. The summed E-state index contributed by atoms with van der Waals surface area (Å²) in [5.74, 6) is -0.133. The van der Waals surface area contributed by atoms with E-state index in [2.05, 4.69) is 14.9 Å². The van der Waals surface area contributed by atoms with E-state index in [1.165, 1.54) is 34.8 Å². The minimum atomic E-state index is -0.240. The molecule has 3 aromatic rings. The fourth-order valence-corrected chi connectivity index (χ4v) is 7.68. The average Bonchev–Trinajstić information content (AvgIpc) is 3.53. The van der Waals surface area contributed by atoms with Gasteiger partial charge in [0.1, 0.15) is 26.9 Å². The van der Waals surface area contributed by atoms with Gasteiger partial charge in [-0.25, -0.2) is 9.97 Å². The van der Waals surface area contributed by atoms with Crippen LogP contribution in [0.15, 0.2) is 47.8 Å². The number of benzene rings is 1. The lowest BCUT2D eigenvalue weighted by atomic mass is 9.95. The van der Waals surface area contributed by atoms with Crippen LogP contribution >= 0.6 is 22.7 Å². The van der Waals surface area contributed by atoms with E-state index in [-0.39, 0.29) is 46.9 Å². The minimum Gasteiger partial charge on any atom is -0.497 e. The summed E-state index contributed by atoms with van der Waals surface area (Å²) >= 11 is 2.48. The van der Waals surface area contributed by atoms with Crippen molar-refractivity contribution in [1.82, 2.24) is 24.7 Å². The number of nitrogens with zero attached hydrogens (tertiary/aromatic N) is 5. The molecule has 0 spiro atoms. The summed E-state index contributed by atoms with van der Waals surface area (Å²) in [4.78, 5) is 68.7. The van der Waals surface area contributed by atoms with Gasteiger partial charge in [-0.15, -0.1) is 22.7 Å². The zero-order valence-electron chi connectivity index (χ0n) is 23.2. The second-order valence-electron chi connectivity index (χ2n) is 10.7. The first-order valence-corrected chi connectivity index (χ1v) is 15.3. The zero-order chi connectivity index (χ0) is 29.3. The van der Waals surface area contributed by atoms with Gasteiger partial charge in [-0.1, -0.05) is 12.1 Å². The molecule has 0 saturated carbocycles. The topological polar surface area (TPSA) is 113 Å². The first-order chi connectivity index (χ1) is 20.2. The number of rotatable bonds is 7. The highest BCUT2D eigenvalue weighted by atomic mass is 32.1. The number of hydrogen-bond donors (Lipinski definition) is 0. The van der Waals surface area contributed by atoms with Crippen LogP contribution in [0.3, 0.4) is 0 Å². The number of aryl methyl sites for hydroxylation is 2. The van der Waals surface area contributed by atoms with Crippen molar-refractivity contribution in [3.8, 4) is 5.75 Å². The summed E-state index contributed by atoms with van der Waals surface area (Å²) < 4.78 is 5.34. The number of ketones is 4. The van der Waals surface area contributed by atoms with E-state index in [0.29, 0.717) is 50.8 Å². The second-order valence-corrected chi connectivity index (χ2v) is 13.1. The molecule has 0 N–H and O–H groups in total. The Bertz CT molecular complexity index is 1630. The number of aromatic nitrogens is 2. The number of carbonyl (C=O) groups is 4. The molecular weight excluding hydrogens is 574 g/mol. The molecule has 12 heteroatoms. The highest BCUT2D eigenvalue weighted by Crippen LogP contribution is 2.39. The molecule has 2 unspecified atom stereocenters. The Labute approximate surface area is 249 Å². The molecule has 2 aromatic heterocycles. The second kappa shape index (κ2) is 10.1. The number of likely N-dealkylation sites (tertiary alicyclic amines) is 2. The van der Waals surface area contributed by atoms with Crippen LogP contribution in [0.25, 0.3) is 0 Å². The van der Waals surface area contributed by atoms with Crippen molar-refractivity contribution in [3.05, 3.63) is 84.5 Å². The molecule has 2 saturated heterocycles. The van der Waals surface area contributed by atoms with Gasteiger partial charge in [0.15, 0.2) is 11.6 Å². The molecule has 1 aromatic carbocycles. The lowest BCUT2D eigenvalue weighted by Gasteiger charge is -2.57. The molecule has 214 valence electrons. The van der Waals surface area contributed by atoms with Gasteiger partial charge < -0.3 is 14.5 Å². The standard InChI is InChI=1S/C30H27N5O5S2/c1-15-31-25-27(38)19(12-21(36)29(25)41-15)33-10-8-23(33)35(14-17-4-6-18(40-3)7-5-17)24-9-11-34(24)20-13-22(37)30-26(28(20)39)32-16(2)42-30/h4-7,12-13,23-24H,8-11,14H2,1-3H3. The van der Waals surface area contributed by atoms with E-state index in [0.717, 1.165) is 24.2 Å². The van der Waals surface area contributed by atoms with Crippen LogP contribution < -0.4 is 4.74 Å². The Balaban J connectivity index is 1.21. The molecule has 2 aliphatic carbocycles. The number of thiazole rings is 2. The van der Waals surface area contributed by atoms with Crippen LogP contribution in [0.5, 0.6) is 5.75 Å². The highest BCUT2D eigenvalue weighted by Gasteiger charge is 2.47. The lowest BCUT2D eigenvalue weighted by Crippen LogP contribution is -2.67. The Hall–Kier alpha value is -4.00. The molecular formula is C30H27N5O5S2. The molecule has 2 aliphatic heterocycles. The highest BCUT2D eigenvalue weighted by molar-refractivity contribution is 7.14. The van der Waals surface area contributed by atoms with Gasteiger partial charge in [0.05, 0.1) is 40.9 Å². The number of methoxy groups -OCH3 is 1. The summed E-state index contributed by atoms with van der Waals surface area (Å²) in [7, 11) is 1.62.